The number of nitrogens with one attached hydrogen (secondary N) is 1. The summed E-state index contributed by atoms with van der Waals surface area (Å²) >= 11 is 0. The first kappa shape index (κ1) is 14.6. The predicted octanol–water partition coefficient (Wildman–Crippen LogP) is 1.91. The molecule has 1 aliphatic heterocycles. The fourth-order valence-electron chi connectivity index (χ4n) is 2.44. The van der Waals surface area contributed by atoms with Gasteiger partial charge in [0, 0.05) is 25.2 Å². The lowest BCUT2D eigenvalue weighted by atomic mass is 9.97. The Morgan fingerprint density at radius 3 is 2.60 bits per heavy atom. The SMILES string of the molecule is Cc1nc(NC(C)C)cc(N2CCC(C(=O)O)CC2)n1. The van der Waals surface area contributed by atoms with Crippen LogP contribution in [0.3, 0.4) is 0 Å². The summed E-state index contributed by atoms with van der Waals surface area (Å²) in [7, 11) is 0. The van der Waals surface area contributed by atoms with Crippen LogP contribution in [0.4, 0.5) is 11.6 Å². The average Bonchev–Trinajstić information content (AvgIpc) is 2.37. The summed E-state index contributed by atoms with van der Waals surface area (Å²) in [6.07, 6.45) is 1.34. The van der Waals surface area contributed by atoms with Crippen molar-refractivity contribution < 1.29 is 9.90 Å². The molecule has 0 aromatic carbocycles. The molecule has 1 saturated heterocycles. The number of carbonyl (C=O) groups is 1. The number of rotatable bonds is 4. The topological polar surface area (TPSA) is 78.4 Å². The monoisotopic (exact) mass is 278 g/mol. The first-order valence-electron chi connectivity index (χ1n) is 7.05. The van der Waals surface area contributed by atoms with Crippen molar-refractivity contribution in [3.05, 3.63) is 11.9 Å². The maximum Gasteiger partial charge on any atom is 0.306 e. The van der Waals surface area contributed by atoms with Gasteiger partial charge in [0.25, 0.3) is 0 Å². The van der Waals surface area contributed by atoms with E-state index in [0.29, 0.717) is 18.9 Å². The highest BCUT2D eigenvalue weighted by Crippen LogP contribution is 2.23. The fourth-order valence-corrected chi connectivity index (χ4v) is 2.44. The van der Waals surface area contributed by atoms with E-state index in [9.17, 15) is 4.79 Å². The minimum absolute atomic E-state index is 0.220. The van der Waals surface area contributed by atoms with E-state index in [2.05, 4.69) is 34.0 Å². The molecule has 0 saturated carbocycles. The summed E-state index contributed by atoms with van der Waals surface area (Å²) in [6.45, 7) is 7.47. The fraction of sp³-hybridized carbons (Fsp3) is 0.643. The highest BCUT2D eigenvalue weighted by Gasteiger charge is 2.25. The van der Waals surface area contributed by atoms with Crippen LogP contribution in [-0.2, 0) is 4.79 Å². The quantitative estimate of drug-likeness (QED) is 0.876. The third-order valence-corrected chi connectivity index (χ3v) is 3.43. The molecule has 1 aromatic heterocycles. The molecule has 6 heteroatoms. The van der Waals surface area contributed by atoms with Gasteiger partial charge in [0.05, 0.1) is 5.92 Å². The molecule has 0 atom stereocenters. The lowest BCUT2D eigenvalue weighted by molar-refractivity contribution is -0.142. The molecule has 110 valence electrons. The molecule has 1 fully saturated rings. The molecule has 0 bridgehead atoms. The van der Waals surface area contributed by atoms with Gasteiger partial charge in [-0.2, -0.15) is 0 Å². The second kappa shape index (κ2) is 6.07. The number of aromatic nitrogens is 2. The van der Waals surface area contributed by atoms with Gasteiger partial charge in [-0.1, -0.05) is 0 Å². The minimum Gasteiger partial charge on any atom is -0.481 e. The second-order valence-electron chi connectivity index (χ2n) is 5.56. The standard InChI is InChI=1S/C14H22N4O2/c1-9(2)15-12-8-13(17-10(3)16-12)18-6-4-11(5-7-18)14(19)20/h8-9,11H,4-7H2,1-3H3,(H,19,20)(H,15,16,17). The lowest BCUT2D eigenvalue weighted by Crippen LogP contribution is -2.37. The molecule has 0 spiro atoms. The largest absolute Gasteiger partial charge is 0.481 e. The summed E-state index contributed by atoms with van der Waals surface area (Å²) < 4.78 is 0. The number of carboxylic acids is 1. The Hall–Kier alpha value is -1.85. The minimum atomic E-state index is -0.689. The first-order chi connectivity index (χ1) is 9.45. The van der Waals surface area contributed by atoms with Crippen LogP contribution in [0.1, 0.15) is 32.5 Å². The van der Waals surface area contributed by atoms with Gasteiger partial charge < -0.3 is 15.3 Å². The van der Waals surface area contributed by atoms with Crippen LogP contribution in [0.5, 0.6) is 0 Å². The van der Waals surface area contributed by atoms with Gasteiger partial charge in [0.1, 0.15) is 17.5 Å². The maximum atomic E-state index is 11.0. The van der Waals surface area contributed by atoms with Crippen LogP contribution < -0.4 is 10.2 Å². The number of anilines is 2. The molecule has 1 aromatic rings. The average molecular weight is 278 g/mol. The number of hydrogen-bond acceptors (Lipinski definition) is 5. The molecule has 0 unspecified atom stereocenters. The summed E-state index contributed by atoms with van der Waals surface area (Å²) in [4.78, 5) is 21.9. The van der Waals surface area contributed by atoms with Crippen LogP contribution in [0.2, 0.25) is 0 Å². The molecule has 6 nitrogen and oxygen atoms in total. The number of nitrogens with zero attached hydrogens (tertiary/aromatic N) is 3. The molecule has 2 heterocycles. The van der Waals surface area contributed by atoms with Crippen molar-refractivity contribution >= 4 is 17.6 Å². The summed E-state index contributed by atoms with van der Waals surface area (Å²) in [5, 5.41) is 12.3. The van der Waals surface area contributed by atoms with Crippen LogP contribution in [0.25, 0.3) is 0 Å². The highest BCUT2D eigenvalue weighted by molar-refractivity contribution is 5.70. The van der Waals surface area contributed by atoms with Crippen molar-refractivity contribution in [2.24, 2.45) is 5.92 Å². The van der Waals surface area contributed by atoms with Crippen molar-refractivity contribution in [1.82, 2.24) is 9.97 Å². The number of hydrogen-bond donors (Lipinski definition) is 2. The smallest absolute Gasteiger partial charge is 0.306 e. The van der Waals surface area contributed by atoms with Gasteiger partial charge in [-0.25, -0.2) is 9.97 Å². The first-order valence-corrected chi connectivity index (χ1v) is 7.05. The molecule has 1 aliphatic rings. The Morgan fingerprint density at radius 2 is 2.05 bits per heavy atom. The van der Waals surface area contributed by atoms with Crippen LogP contribution in [-0.4, -0.2) is 40.2 Å². The molecular formula is C14H22N4O2. The van der Waals surface area contributed by atoms with Crippen LogP contribution >= 0.6 is 0 Å². The zero-order chi connectivity index (χ0) is 14.7. The van der Waals surface area contributed by atoms with Crippen molar-refractivity contribution in [2.75, 3.05) is 23.3 Å². The van der Waals surface area contributed by atoms with Crippen molar-refractivity contribution in [3.63, 3.8) is 0 Å². The van der Waals surface area contributed by atoms with E-state index in [0.717, 1.165) is 30.5 Å². The number of aliphatic carboxylic acids is 1. The number of carboxylic acid groups (broad SMARTS) is 1. The Bertz CT molecular complexity index is 482. The van der Waals surface area contributed by atoms with E-state index in [1.807, 2.05) is 13.0 Å². The van der Waals surface area contributed by atoms with Crippen molar-refractivity contribution in [1.29, 1.82) is 0 Å². The van der Waals surface area contributed by atoms with Crippen molar-refractivity contribution in [3.8, 4) is 0 Å². The lowest BCUT2D eigenvalue weighted by Gasteiger charge is -2.31. The zero-order valence-corrected chi connectivity index (χ0v) is 12.3. The molecule has 20 heavy (non-hydrogen) atoms. The highest BCUT2D eigenvalue weighted by atomic mass is 16.4. The van der Waals surface area contributed by atoms with Gasteiger partial charge in [-0.15, -0.1) is 0 Å². The van der Waals surface area contributed by atoms with E-state index in [4.69, 9.17) is 5.11 Å². The molecule has 0 aliphatic carbocycles. The van der Waals surface area contributed by atoms with Gasteiger partial charge in [-0.05, 0) is 33.6 Å². The van der Waals surface area contributed by atoms with Gasteiger partial charge in [0.2, 0.25) is 0 Å². The summed E-state index contributed by atoms with van der Waals surface area (Å²) in [6, 6.07) is 2.25. The van der Waals surface area contributed by atoms with Gasteiger partial charge >= 0.3 is 5.97 Å². The molecule has 2 rings (SSSR count). The summed E-state index contributed by atoms with van der Waals surface area (Å²) in [5.41, 5.74) is 0. The number of aryl methyl sites for hydroxylation is 1. The maximum absolute atomic E-state index is 11.0. The van der Waals surface area contributed by atoms with Crippen molar-refractivity contribution in [2.45, 2.75) is 39.7 Å². The van der Waals surface area contributed by atoms with Crippen LogP contribution in [0, 0.1) is 12.8 Å². The van der Waals surface area contributed by atoms with Gasteiger partial charge in [0.15, 0.2) is 0 Å². The Balaban J connectivity index is 2.09. The molecule has 0 amide bonds. The normalized spacial score (nSPS) is 16.5. The Kier molecular flexibility index (Phi) is 4.42. The Labute approximate surface area is 119 Å². The molecular weight excluding hydrogens is 256 g/mol. The zero-order valence-electron chi connectivity index (χ0n) is 12.3. The van der Waals surface area contributed by atoms with E-state index < -0.39 is 5.97 Å². The third-order valence-electron chi connectivity index (χ3n) is 3.43. The van der Waals surface area contributed by atoms with E-state index in [1.165, 1.54) is 0 Å². The predicted molar refractivity (Wildman–Crippen MR) is 78.1 cm³/mol. The van der Waals surface area contributed by atoms with E-state index in [-0.39, 0.29) is 5.92 Å². The molecule has 0 radical (unpaired) electrons. The number of piperidine rings is 1. The second-order valence-corrected chi connectivity index (χ2v) is 5.56. The third kappa shape index (κ3) is 3.59. The summed E-state index contributed by atoms with van der Waals surface area (Å²) in [5.74, 6) is 1.52. The van der Waals surface area contributed by atoms with E-state index in [1.54, 1.807) is 0 Å². The molecule has 2 N–H and O–H groups in total. The Morgan fingerprint density at radius 1 is 1.40 bits per heavy atom. The van der Waals surface area contributed by atoms with Gasteiger partial charge in [-0.3, -0.25) is 4.79 Å². The van der Waals surface area contributed by atoms with E-state index >= 15 is 0 Å². The van der Waals surface area contributed by atoms with Crippen LogP contribution in [0.15, 0.2) is 6.07 Å².